The Balaban J connectivity index is 2.31. The van der Waals surface area contributed by atoms with Gasteiger partial charge in [-0.2, -0.15) is 23.7 Å². The maximum Gasteiger partial charge on any atom is 0.417 e. The van der Waals surface area contributed by atoms with Crippen molar-refractivity contribution in [1.82, 2.24) is 0 Å². The number of hydrogen-bond donors (Lipinski definition) is 1. The average molecular weight is 491 g/mol. The molecule has 2 aromatic rings. The summed E-state index contributed by atoms with van der Waals surface area (Å²) in [4.78, 5) is 25.3. The fraction of sp³-hybridized carbons (Fsp3) is 0.333. The zero-order valence-corrected chi connectivity index (χ0v) is 18.8. The third kappa shape index (κ3) is 7.18. The molecule has 0 bridgehead atoms. The molecule has 0 aliphatic carbocycles. The highest BCUT2D eigenvalue weighted by molar-refractivity contribution is 5.98. The third-order valence-electron chi connectivity index (χ3n) is 4.83. The van der Waals surface area contributed by atoms with Crippen LogP contribution in [-0.2, 0) is 20.5 Å². The van der Waals surface area contributed by atoms with E-state index >= 15 is 0 Å². The van der Waals surface area contributed by atoms with Crippen LogP contribution in [0.4, 0.5) is 23.2 Å². The quantitative estimate of drug-likeness (QED) is 0.386. The molecule has 184 valence electrons. The minimum Gasteiger partial charge on any atom is -0.489 e. The SMILES string of the molecule is CCCCC(=O)O[C@@](C)(COc1ccc(C#N)c(F)c1)C(=O)Nc1ccc(C#N)c(C(F)(F)F)c1. The van der Waals surface area contributed by atoms with Crippen molar-refractivity contribution in [3.05, 3.63) is 58.9 Å². The summed E-state index contributed by atoms with van der Waals surface area (Å²) >= 11 is 0. The molecule has 0 heterocycles. The summed E-state index contributed by atoms with van der Waals surface area (Å²) < 4.78 is 64.4. The Morgan fingerprint density at radius 3 is 2.29 bits per heavy atom. The van der Waals surface area contributed by atoms with Crippen LogP contribution in [0.1, 0.15) is 49.8 Å². The van der Waals surface area contributed by atoms with Crippen molar-refractivity contribution in [2.75, 3.05) is 11.9 Å². The molecular formula is C24H21F4N3O4. The number of amides is 1. The number of nitrogens with one attached hydrogen (secondary N) is 1. The van der Waals surface area contributed by atoms with Crippen molar-refractivity contribution < 1.29 is 36.6 Å². The molecule has 0 aliphatic heterocycles. The van der Waals surface area contributed by atoms with Gasteiger partial charge in [0.05, 0.1) is 22.8 Å². The molecule has 0 spiro atoms. The van der Waals surface area contributed by atoms with E-state index in [1.165, 1.54) is 19.1 Å². The summed E-state index contributed by atoms with van der Waals surface area (Å²) in [6, 6.07) is 9.01. The number of alkyl halides is 3. The average Bonchev–Trinajstić information content (AvgIpc) is 2.80. The van der Waals surface area contributed by atoms with Gasteiger partial charge >= 0.3 is 12.1 Å². The number of carbonyl (C=O) groups is 2. The minimum atomic E-state index is -4.84. The maximum atomic E-state index is 13.9. The number of carbonyl (C=O) groups excluding carboxylic acids is 2. The number of halogens is 4. The molecule has 0 aromatic heterocycles. The molecule has 2 aromatic carbocycles. The highest BCUT2D eigenvalue weighted by Crippen LogP contribution is 2.34. The summed E-state index contributed by atoms with van der Waals surface area (Å²) in [6.07, 6.45) is -3.71. The molecule has 1 atom stereocenters. The van der Waals surface area contributed by atoms with Crippen LogP contribution in [0.15, 0.2) is 36.4 Å². The summed E-state index contributed by atoms with van der Waals surface area (Å²) in [5.41, 5.74) is -4.41. The highest BCUT2D eigenvalue weighted by Gasteiger charge is 2.40. The first-order valence-electron chi connectivity index (χ1n) is 10.4. The number of unbranched alkanes of at least 4 members (excludes halogenated alkanes) is 1. The van der Waals surface area contributed by atoms with Gasteiger partial charge in [0.25, 0.3) is 5.91 Å². The van der Waals surface area contributed by atoms with Gasteiger partial charge in [0.1, 0.15) is 24.2 Å². The van der Waals surface area contributed by atoms with E-state index in [1.54, 1.807) is 6.07 Å². The van der Waals surface area contributed by atoms with Crippen LogP contribution >= 0.6 is 0 Å². The first kappa shape index (κ1) is 27.1. The Kier molecular flexibility index (Phi) is 8.79. The van der Waals surface area contributed by atoms with Gasteiger partial charge in [-0.3, -0.25) is 9.59 Å². The predicted molar refractivity (Wildman–Crippen MR) is 115 cm³/mol. The van der Waals surface area contributed by atoms with E-state index in [2.05, 4.69) is 5.32 Å². The number of hydrogen-bond acceptors (Lipinski definition) is 6. The molecule has 0 radical (unpaired) electrons. The molecular weight excluding hydrogens is 470 g/mol. The summed E-state index contributed by atoms with van der Waals surface area (Å²) in [7, 11) is 0. The van der Waals surface area contributed by atoms with Crippen LogP contribution in [0.25, 0.3) is 0 Å². The molecule has 0 saturated carbocycles. The van der Waals surface area contributed by atoms with Crippen LogP contribution in [0.5, 0.6) is 5.75 Å². The summed E-state index contributed by atoms with van der Waals surface area (Å²) in [6.45, 7) is 2.43. The van der Waals surface area contributed by atoms with Crippen molar-refractivity contribution in [3.63, 3.8) is 0 Å². The van der Waals surface area contributed by atoms with Crippen LogP contribution in [-0.4, -0.2) is 24.1 Å². The second-order valence-electron chi connectivity index (χ2n) is 7.67. The van der Waals surface area contributed by atoms with E-state index in [0.717, 1.165) is 24.3 Å². The topological polar surface area (TPSA) is 112 Å². The Hall–Kier alpha value is -4.12. The van der Waals surface area contributed by atoms with Crippen LogP contribution < -0.4 is 10.1 Å². The molecule has 2 rings (SSSR count). The van der Waals surface area contributed by atoms with Gasteiger partial charge in [0.15, 0.2) is 0 Å². The second-order valence-corrected chi connectivity index (χ2v) is 7.67. The third-order valence-corrected chi connectivity index (χ3v) is 4.83. The number of ether oxygens (including phenoxy) is 2. The number of nitriles is 2. The molecule has 1 N–H and O–H groups in total. The predicted octanol–water partition coefficient (Wildman–Crippen LogP) is 5.10. The first-order valence-corrected chi connectivity index (χ1v) is 10.4. The lowest BCUT2D eigenvalue weighted by Gasteiger charge is -2.28. The monoisotopic (exact) mass is 491 g/mol. The van der Waals surface area contributed by atoms with Gasteiger partial charge in [0, 0.05) is 18.2 Å². The van der Waals surface area contributed by atoms with E-state index in [9.17, 15) is 27.2 Å². The fourth-order valence-corrected chi connectivity index (χ4v) is 2.88. The Bertz CT molecular complexity index is 1180. The van der Waals surface area contributed by atoms with Gasteiger partial charge in [-0.05, 0) is 43.7 Å². The van der Waals surface area contributed by atoms with Gasteiger partial charge in [-0.1, -0.05) is 13.3 Å². The van der Waals surface area contributed by atoms with E-state index in [-0.39, 0.29) is 23.4 Å². The molecule has 0 saturated heterocycles. The van der Waals surface area contributed by atoms with Crippen molar-refractivity contribution in [2.45, 2.75) is 44.9 Å². The molecule has 0 aliphatic rings. The molecule has 1 amide bonds. The van der Waals surface area contributed by atoms with Crippen LogP contribution in [0.2, 0.25) is 0 Å². The summed E-state index contributed by atoms with van der Waals surface area (Å²) in [5.74, 6) is -2.68. The molecule has 35 heavy (non-hydrogen) atoms. The Morgan fingerprint density at radius 2 is 1.71 bits per heavy atom. The van der Waals surface area contributed by atoms with Crippen molar-refractivity contribution in [2.24, 2.45) is 0 Å². The van der Waals surface area contributed by atoms with Crippen molar-refractivity contribution >= 4 is 17.6 Å². The van der Waals surface area contributed by atoms with Crippen LogP contribution in [0.3, 0.4) is 0 Å². The highest BCUT2D eigenvalue weighted by atomic mass is 19.4. The van der Waals surface area contributed by atoms with Gasteiger partial charge < -0.3 is 14.8 Å². The molecule has 0 fully saturated rings. The number of esters is 1. The zero-order chi connectivity index (χ0) is 26.2. The lowest BCUT2D eigenvalue weighted by atomic mass is 10.0. The fourth-order valence-electron chi connectivity index (χ4n) is 2.88. The normalized spacial score (nSPS) is 12.6. The molecule has 0 unspecified atom stereocenters. The standard InChI is InChI=1S/C24H21F4N3O4/c1-3-4-5-21(32)35-23(2,14-34-18-9-7-16(13-30)20(25)11-18)22(33)31-17-8-6-15(12-29)19(10-17)24(26,27)28/h6-11H,3-5,14H2,1-2H3,(H,31,33)/t23-/m0/s1. The minimum absolute atomic E-state index is 0.0139. The lowest BCUT2D eigenvalue weighted by Crippen LogP contribution is -2.49. The molecule has 11 heteroatoms. The van der Waals surface area contributed by atoms with Crippen LogP contribution in [0, 0.1) is 28.5 Å². The maximum absolute atomic E-state index is 13.9. The van der Waals surface area contributed by atoms with E-state index in [1.807, 2.05) is 6.92 Å². The molecule has 7 nitrogen and oxygen atoms in total. The Labute approximate surface area is 198 Å². The van der Waals surface area contributed by atoms with E-state index in [0.29, 0.717) is 18.9 Å². The number of nitrogens with zero attached hydrogens (tertiary/aromatic N) is 2. The second kappa shape index (κ2) is 11.3. The van der Waals surface area contributed by atoms with Gasteiger partial charge in [-0.15, -0.1) is 0 Å². The largest absolute Gasteiger partial charge is 0.489 e. The lowest BCUT2D eigenvalue weighted by molar-refractivity contribution is -0.167. The van der Waals surface area contributed by atoms with E-state index in [4.69, 9.17) is 20.0 Å². The number of benzene rings is 2. The number of anilines is 1. The Morgan fingerprint density at radius 1 is 1.06 bits per heavy atom. The number of rotatable bonds is 9. The summed E-state index contributed by atoms with van der Waals surface area (Å²) in [5, 5.41) is 20.0. The smallest absolute Gasteiger partial charge is 0.417 e. The van der Waals surface area contributed by atoms with Crippen molar-refractivity contribution in [1.29, 1.82) is 10.5 Å². The van der Waals surface area contributed by atoms with Gasteiger partial charge in [-0.25, -0.2) is 4.39 Å². The van der Waals surface area contributed by atoms with Crippen molar-refractivity contribution in [3.8, 4) is 17.9 Å². The van der Waals surface area contributed by atoms with E-state index < -0.39 is 47.2 Å². The zero-order valence-electron chi connectivity index (χ0n) is 18.8. The van der Waals surface area contributed by atoms with Gasteiger partial charge in [0.2, 0.25) is 5.60 Å². The first-order chi connectivity index (χ1) is 16.4.